The van der Waals surface area contributed by atoms with Gasteiger partial charge in [0.15, 0.2) is 5.78 Å². The van der Waals surface area contributed by atoms with Crippen molar-refractivity contribution in [2.45, 2.75) is 18.5 Å². The number of carboxylic acids is 1. The third kappa shape index (κ3) is 4.18. The summed E-state index contributed by atoms with van der Waals surface area (Å²) < 4.78 is 37.6. The van der Waals surface area contributed by atoms with Gasteiger partial charge in [-0.25, -0.2) is 0 Å². The first kappa shape index (κ1) is 16.7. The van der Waals surface area contributed by atoms with Gasteiger partial charge in [0, 0.05) is 12.0 Å². The van der Waals surface area contributed by atoms with Crippen LogP contribution in [0, 0.1) is 0 Å². The predicted molar refractivity (Wildman–Crippen MR) is 77.2 cm³/mol. The van der Waals surface area contributed by atoms with Crippen molar-refractivity contribution in [3.05, 3.63) is 71.3 Å². The molecule has 0 fully saturated rings. The summed E-state index contributed by atoms with van der Waals surface area (Å²) in [4.78, 5) is 23.5. The number of halogens is 3. The highest BCUT2D eigenvalue weighted by Crippen LogP contribution is 2.31. The number of rotatable bonds is 5. The van der Waals surface area contributed by atoms with Crippen LogP contribution in [0.2, 0.25) is 0 Å². The van der Waals surface area contributed by atoms with Crippen molar-refractivity contribution in [2.24, 2.45) is 0 Å². The van der Waals surface area contributed by atoms with E-state index in [0.29, 0.717) is 5.56 Å². The molecule has 0 heterocycles. The third-order valence-electron chi connectivity index (χ3n) is 3.42. The molecule has 1 unspecified atom stereocenters. The number of carboxylic acid groups (broad SMARTS) is 1. The van der Waals surface area contributed by atoms with Gasteiger partial charge in [-0.3, -0.25) is 9.59 Å². The Hall–Kier alpha value is -2.63. The number of hydrogen-bond donors (Lipinski definition) is 1. The monoisotopic (exact) mass is 322 g/mol. The van der Waals surface area contributed by atoms with Crippen LogP contribution in [0.15, 0.2) is 54.6 Å². The van der Waals surface area contributed by atoms with E-state index in [4.69, 9.17) is 0 Å². The molecule has 3 nitrogen and oxygen atoms in total. The van der Waals surface area contributed by atoms with Gasteiger partial charge in [0.25, 0.3) is 0 Å². The zero-order valence-corrected chi connectivity index (χ0v) is 11.9. The summed E-state index contributed by atoms with van der Waals surface area (Å²) in [5.41, 5.74) is -0.333. The SMILES string of the molecule is O=C(CC(C(=O)O)c1ccc(C(F)(F)F)cc1)c1ccccc1. The number of carbonyl (C=O) groups excluding carboxylic acids is 1. The van der Waals surface area contributed by atoms with Gasteiger partial charge in [0.05, 0.1) is 11.5 Å². The van der Waals surface area contributed by atoms with Crippen LogP contribution in [0.5, 0.6) is 0 Å². The van der Waals surface area contributed by atoms with Crippen molar-refractivity contribution in [2.75, 3.05) is 0 Å². The topological polar surface area (TPSA) is 54.4 Å². The van der Waals surface area contributed by atoms with Gasteiger partial charge in [0.2, 0.25) is 0 Å². The van der Waals surface area contributed by atoms with Crippen LogP contribution in [-0.4, -0.2) is 16.9 Å². The van der Waals surface area contributed by atoms with E-state index in [0.717, 1.165) is 24.3 Å². The maximum Gasteiger partial charge on any atom is 0.416 e. The molecule has 2 aromatic rings. The second kappa shape index (κ2) is 6.64. The molecule has 120 valence electrons. The molecule has 0 aliphatic carbocycles. The Morgan fingerprint density at radius 1 is 0.957 bits per heavy atom. The van der Waals surface area contributed by atoms with Gasteiger partial charge < -0.3 is 5.11 Å². The molecule has 0 amide bonds. The number of ketones is 1. The summed E-state index contributed by atoms with van der Waals surface area (Å²) in [6, 6.07) is 12.0. The van der Waals surface area contributed by atoms with Crippen molar-refractivity contribution in [3.63, 3.8) is 0 Å². The number of aliphatic carboxylic acids is 1. The molecule has 0 radical (unpaired) electrons. The normalized spacial score (nSPS) is 12.7. The second-order valence-electron chi connectivity index (χ2n) is 5.00. The zero-order chi connectivity index (χ0) is 17.0. The van der Waals surface area contributed by atoms with Crippen molar-refractivity contribution >= 4 is 11.8 Å². The van der Waals surface area contributed by atoms with E-state index in [9.17, 15) is 27.9 Å². The lowest BCUT2D eigenvalue weighted by Crippen LogP contribution is -2.16. The predicted octanol–water partition coefficient (Wildman–Crippen LogP) is 4.15. The molecule has 0 aliphatic rings. The van der Waals surface area contributed by atoms with Gasteiger partial charge in [-0.05, 0) is 17.7 Å². The van der Waals surface area contributed by atoms with Crippen LogP contribution >= 0.6 is 0 Å². The smallest absolute Gasteiger partial charge is 0.416 e. The third-order valence-corrected chi connectivity index (χ3v) is 3.42. The lowest BCUT2D eigenvalue weighted by molar-refractivity contribution is -0.138. The fourth-order valence-corrected chi connectivity index (χ4v) is 2.18. The van der Waals surface area contributed by atoms with Crippen LogP contribution < -0.4 is 0 Å². The number of alkyl halides is 3. The maximum atomic E-state index is 12.5. The second-order valence-corrected chi connectivity index (χ2v) is 5.00. The highest BCUT2D eigenvalue weighted by Gasteiger charge is 2.31. The minimum atomic E-state index is -4.49. The molecule has 0 saturated heterocycles. The fourth-order valence-electron chi connectivity index (χ4n) is 2.18. The van der Waals surface area contributed by atoms with E-state index in [1.807, 2.05) is 0 Å². The number of hydrogen-bond acceptors (Lipinski definition) is 2. The van der Waals surface area contributed by atoms with Crippen molar-refractivity contribution in [3.8, 4) is 0 Å². The first-order valence-corrected chi connectivity index (χ1v) is 6.77. The standard InChI is InChI=1S/C17H13F3O3/c18-17(19,20)13-8-6-11(7-9-13)14(16(22)23)10-15(21)12-4-2-1-3-5-12/h1-9,14H,10H2,(H,22,23). The molecule has 0 aliphatic heterocycles. The minimum Gasteiger partial charge on any atom is -0.481 e. The van der Waals surface area contributed by atoms with Crippen molar-refractivity contribution in [1.82, 2.24) is 0 Å². The molecule has 2 rings (SSSR count). The molecular formula is C17H13F3O3. The molecule has 0 aromatic heterocycles. The van der Waals surface area contributed by atoms with Gasteiger partial charge in [-0.1, -0.05) is 42.5 Å². The van der Waals surface area contributed by atoms with Gasteiger partial charge in [-0.2, -0.15) is 13.2 Å². The van der Waals surface area contributed by atoms with Gasteiger partial charge >= 0.3 is 12.1 Å². The highest BCUT2D eigenvalue weighted by molar-refractivity contribution is 5.99. The van der Waals surface area contributed by atoms with Crippen molar-refractivity contribution in [1.29, 1.82) is 0 Å². The maximum absolute atomic E-state index is 12.5. The summed E-state index contributed by atoms with van der Waals surface area (Å²) in [5.74, 6) is -2.82. The lowest BCUT2D eigenvalue weighted by Gasteiger charge is -2.13. The summed E-state index contributed by atoms with van der Waals surface area (Å²) >= 11 is 0. The first-order valence-electron chi connectivity index (χ1n) is 6.77. The Morgan fingerprint density at radius 3 is 2.00 bits per heavy atom. The van der Waals surface area contributed by atoms with Crippen LogP contribution in [0.3, 0.4) is 0 Å². The average Bonchev–Trinajstić information content (AvgIpc) is 2.52. The Bertz CT molecular complexity index is 691. The Kier molecular flexibility index (Phi) is 4.83. The lowest BCUT2D eigenvalue weighted by atomic mass is 9.91. The molecule has 0 spiro atoms. The fraction of sp³-hybridized carbons (Fsp3) is 0.176. The largest absolute Gasteiger partial charge is 0.481 e. The molecule has 0 bridgehead atoms. The summed E-state index contributed by atoms with van der Waals surface area (Å²) in [7, 11) is 0. The average molecular weight is 322 g/mol. The van der Waals surface area contributed by atoms with E-state index >= 15 is 0 Å². The quantitative estimate of drug-likeness (QED) is 0.842. The zero-order valence-electron chi connectivity index (χ0n) is 11.9. The Morgan fingerprint density at radius 2 is 1.52 bits per heavy atom. The van der Waals surface area contributed by atoms with E-state index in [-0.39, 0.29) is 17.8 Å². The van der Waals surface area contributed by atoms with Crippen LogP contribution in [0.1, 0.15) is 33.8 Å². The minimum absolute atomic E-state index is 0.162. The van der Waals surface area contributed by atoms with Crippen LogP contribution in [0.4, 0.5) is 13.2 Å². The molecule has 23 heavy (non-hydrogen) atoms. The highest BCUT2D eigenvalue weighted by atomic mass is 19.4. The Balaban J connectivity index is 2.22. The first-order chi connectivity index (χ1) is 10.8. The number of carbonyl (C=O) groups is 2. The van der Waals surface area contributed by atoms with E-state index in [1.54, 1.807) is 30.3 Å². The van der Waals surface area contributed by atoms with Crippen LogP contribution in [-0.2, 0) is 11.0 Å². The van der Waals surface area contributed by atoms with E-state index < -0.39 is 23.6 Å². The van der Waals surface area contributed by atoms with E-state index in [2.05, 4.69) is 0 Å². The Labute approximate surface area is 130 Å². The number of benzene rings is 2. The van der Waals surface area contributed by atoms with Gasteiger partial charge in [0.1, 0.15) is 0 Å². The van der Waals surface area contributed by atoms with Crippen molar-refractivity contribution < 1.29 is 27.9 Å². The molecule has 1 atom stereocenters. The number of Topliss-reactive ketones (excluding diaryl/α,β-unsaturated/α-hetero) is 1. The summed E-state index contributed by atoms with van der Waals surface area (Å²) in [5, 5.41) is 9.28. The molecule has 0 saturated carbocycles. The molecule has 6 heteroatoms. The van der Waals surface area contributed by atoms with Gasteiger partial charge in [-0.15, -0.1) is 0 Å². The molecule has 1 N–H and O–H groups in total. The molecular weight excluding hydrogens is 309 g/mol. The van der Waals surface area contributed by atoms with E-state index in [1.165, 1.54) is 0 Å². The molecule has 2 aromatic carbocycles. The van der Waals surface area contributed by atoms with Crippen LogP contribution in [0.25, 0.3) is 0 Å². The summed E-state index contributed by atoms with van der Waals surface area (Å²) in [6.07, 6.45) is -4.80. The summed E-state index contributed by atoms with van der Waals surface area (Å²) in [6.45, 7) is 0.